The molecule has 0 aromatic rings. The van der Waals surface area contributed by atoms with Crippen molar-refractivity contribution < 1.29 is 0 Å². The Morgan fingerprint density at radius 1 is 1.08 bits per heavy atom. The average Bonchev–Trinajstić information content (AvgIpc) is 2.58. The van der Waals surface area contributed by atoms with E-state index in [0.29, 0.717) is 0 Å². The molecule has 5 atom stereocenters. The van der Waals surface area contributed by atoms with E-state index in [2.05, 4.69) is 20.8 Å². The molecule has 0 aromatic carbocycles. The van der Waals surface area contributed by atoms with Crippen molar-refractivity contribution in [3.8, 4) is 0 Å². The van der Waals surface area contributed by atoms with Crippen LogP contribution in [-0.4, -0.2) is 0 Å². The Kier molecular flexibility index (Phi) is 2.67. The minimum Gasteiger partial charge on any atom is -0.0654 e. The van der Waals surface area contributed by atoms with E-state index in [-0.39, 0.29) is 0 Å². The molecular formula is C13H24. The van der Waals surface area contributed by atoms with E-state index < -0.39 is 0 Å². The molecule has 0 heterocycles. The van der Waals surface area contributed by atoms with Gasteiger partial charge in [-0.15, -0.1) is 0 Å². The highest BCUT2D eigenvalue weighted by molar-refractivity contribution is 4.95. The van der Waals surface area contributed by atoms with Gasteiger partial charge in [-0.2, -0.15) is 0 Å². The highest BCUT2D eigenvalue weighted by atomic mass is 14.5. The molecule has 0 aromatic heterocycles. The molecule has 0 heteroatoms. The summed E-state index contributed by atoms with van der Waals surface area (Å²) in [5.41, 5.74) is 0. The first-order valence-corrected chi connectivity index (χ1v) is 6.24. The monoisotopic (exact) mass is 180 g/mol. The van der Waals surface area contributed by atoms with Crippen molar-refractivity contribution in [2.45, 2.75) is 52.9 Å². The quantitative estimate of drug-likeness (QED) is 0.600. The molecule has 2 rings (SSSR count). The summed E-state index contributed by atoms with van der Waals surface area (Å²) in [5, 5.41) is 0. The molecule has 0 nitrogen and oxygen atoms in total. The second-order valence-corrected chi connectivity index (χ2v) is 5.56. The van der Waals surface area contributed by atoms with Crippen LogP contribution in [0.15, 0.2) is 0 Å². The van der Waals surface area contributed by atoms with Gasteiger partial charge in [0.05, 0.1) is 0 Å². The molecule has 0 spiro atoms. The second-order valence-electron chi connectivity index (χ2n) is 5.56. The van der Waals surface area contributed by atoms with Crippen LogP contribution in [0.2, 0.25) is 0 Å². The van der Waals surface area contributed by atoms with Crippen LogP contribution in [0, 0.1) is 29.6 Å². The second kappa shape index (κ2) is 3.63. The fourth-order valence-electron chi connectivity index (χ4n) is 4.31. The maximum atomic E-state index is 2.50. The fraction of sp³-hybridized carbons (Fsp3) is 1.00. The molecule has 5 unspecified atom stereocenters. The van der Waals surface area contributed by atoms with Crippen molar-refractivity contribution in [1.29, 1.82) is 0 Å². The van der Waals surface area contributed by atoms with E-state index in [1.807, 2.05) is 0 Å². The third-order valence-electron chi connectivity index (χ3n) is 4.70. The summed E-state index contributed by atoms with van der Waals surface area (Å²) in [6.07, 6.45) is 7.49. The molecule has 2 saturated carbocycles. The van der Waals surface area contributed by atoms with Gasteiger partial charge in [0.15, 0.2) is 0 Å². The number of fused-ring (bicyclic) bond motifs is 1. The largest absolute Gasteiger partial charge is 0.0654 e. The SMILES string of the molecule is CCCC1CC(C)C2C(C)CCC12. The van der Waals surface area contributed by atoms with E-state index in [4.69, 9.17) is 0 Å². The molecule has 0 radical (unpaired) electrons. The lowest BCUT2D eigenvalue weighted by Crippen LogP contribution is -2.14. The molecular weight excluding hydrogens is 156 g/mol. The van der Waals surface area contributed by atoms with E-state index in [1.165, 1.54) is 25.7 Å². The minimum atomic E-state index is 1.03. The van der Waals surface area contributed by atoms with E-state index >= 15 is 0 Å². The normalized spacial score (nSPS) is 49.6. The number of hydrogen-bond donors (Lipinski definition) is 0. The topological polar surface area (TPSA) is 0 Å². The molecule has 0 amide bonds. The minimum absolute atomic E-state index is 1.03. The van der Waals surface area contributed by atoms with Crippen molar-refractivity contribution >= 4 is 0 Å². The average molecular weight is 180 g/mol. The number of hydrogen-bond acceptors (Lipinski definition) is 0. The van der Waals surface area contributed by atoms with Crippen LogP contribution < -0.4 is 0 Å². The Bertz CT molecular complexity index is 173. The van der Waals surface area contributed by atoms with Crippen LogP contribution in [0.1, 0.15) is 52.9 Å². The predicted molar refractivity (Wildman–Crippen MR) is 57.6 cm³/mol. The van der Waals surface area contributed by atoms with Gasteiger partial charge in [-0.1, -0.05) is 40.0 Å². The van der Waals surface area contributed by atoms with Crippen LogP contribution in [-0.2, 0) is 0 Å². The number of rotatable bonds is 2. The van der Waals surface area contributed by atoms with E-state index in [1.54, 1.807) is 6.42 Å². The summed E-state index contributed by atoms with van der Waals surface area (Å²) in [7, 11) is 0. The molecule has 76 valence electrons. The fourth-order valence-corrected chi connectivity index (χ4v) is 4.31. The Labute approximate surface area is 83.1 Å². The molecule has 13 heavy (non-hydrogen) atoms. The van der Waals surface area contributed by atoms with Gasteiger partial charge in [0.1, 0.15) is 0 Å². The van der Waals surface area contributed by atoms with Crippen molar-refractivity contribution in [1.82, 2.24) is 0 Å². The molecule has 2 fully saturated rings. The lowest BCUT2D eigenvalue weighted by Gasteiger charge is -2.20. The van der Waals surface area contributed by atoms with Gasteiger partial charge < -0.3 is 0 Å². The summed E-state index contributed by atoms with van der Waals surface area (Å²) in [6.45, 7) is 7.32. The Morgan fingerprint density at radius 2 is 1.85 bits per heavy atom. The van der Waals surface area contributed by atoms with Crippen molar-refractivity contribution in [2.24, 2.45) is 29.6 Å². The molecule has 2 aliphatic rings. The van der Waals surface area contributed by atoms with Gasteiger partial charge in [-0.05, 0) is 42.4 Å². The highest BCUT2D eigenvalue weighted by Crippen LogP contribution is 2.54. The molecule has 0 bridgehead atoms. The van der Waals surface area contributed by atoms with E-state index in [0.717, 1.165) is 29.6 Å². The first-order valence-electron chi connectivity index (χ1n) is 6.24. The smallest absolute Gasteiger partial charge is 0.0332 e. The third-order valence-corrected chi connectivity index (χ3v) is 4.70. The van der Waals surface area contributed by atoms with Gasteiger partial charge in [-0.3, -0.25) is 0 Å². The molecule has 0 aliphatic heterocycles. The predicted octanol–water partition coefficient (Wildman–Crippen LogP) is 4.10. The lowest BCUT2D eigenvalue weighted by molar-refractivity contribution is 0.283. The standard InChI is InChI=1S/C13H24/c1-4-5-11-8-10(3)13-9(2)6-7-12(11)13/h9-13H,4-8H2,1-3H3. The van der Waals surface area contributed by atoms with Crippen LogP contribution >= 0.6 is 0 Å². The Balaban J connectivity index is 2.04. The summed E-state index contributed by atoms with van der Waals surface area (Å²) >= 11 is 0. The van der Waals surface area contributed by atoms with Crippen LogP contribution in [0.3, 0.4) is 0 Å². The van der Waals surface area contributed by atoms with Gasteiger partial charge in [-0.25, -0.2) is 0 Å². The van der Waals surface area contributed by atoms with Crippen LogP contribution in [0.5, 0.6) is 0 Å². The van der Waals surface area contributed by atoms with E-state index in [9.17, 15) is 0 Å². The maximum absolute atomic E-state index is 2.50. The maximum Gasteiger partial charge on any atom is -0.0332 e. The summed E-state index contributed by atoms with van der Waals surface area (Å²) in [5.74, 6) is 5.36. The van der Waals surface area contributed by atoms with Gasteiger partial charge >= 0.3 is 0 Å². The van der Waals surface area contributed by atoms with Crippen molar-refractivity contribution in [3.05, 3.63) is 0 Å². The van der Waals surface area contributed by atoms with Gasteiger partial charge in [0.25, 0.3) is 0 Å². The highest BCUT2D eigenvalue weighted by Gasteiger charge is 2.46. The molecule has 0 N–H and O–H groups in total. The zero-order valence-electron chi connectivity index (χ0n) is 9.42. The van der Waals surface area contributed by atoms with Crippen molar-refractivity contribution in [2.75, 3.05) is 0 Å². The van der Waals surface area contributed by atoms with Crippen LogP contribution in [0.4, 0.5) is 0 Å². The van der Waals surface area contributed by atoms with Gasteiger partial charge in [0, 0.05) is 0 Å². The summed E-state index contributed by atoms with van der Waals surface area (Å²) < 4.78 is 0. The van der Waals surface area contributed by atoms with Crippen LogP contribution in [0.25, 0.3) is 0 Å². The summed E-state index contributed by atoms with van der Waals surface area (Å²) in [4.78, 5) is 0. The van der Waals surface area contributed by atoms with Crippen molar-refractivity contribution in [3.63, 3.8) is 0 Å². The Hall–Kier alpha value is 0. The molecule has 2 aliphatic carbocycles. The zero-order valence-corrected chi connectivity index (χ0v) is 9.42. The molecule has 0 saturated heterocycles. The first-order chi connectivity index (χ1) is 6.24. The first kappa shape index (κ1) is 9.55. The Morgan fingerprint density at radius 3 is 2.54 bits per heavy atom. The zero-order chi connectivity index (χ0) is 9.42. The van der Waals surface area contributed by atoms with Gasteiger partial charge in [0.2, 0.25) is 0 Å². The lowest BCUT2D eigenvalue weighted by atomic mass is 9.85. The summed E-state index contributed by atoms with van der Waals surface area (Å²) in [6, 6.07) is 0. The third kappa shape index (κ3) is 1.53.